The van der Waals surface area contributed by atoms with Crippen molar-refractivity contribution in [2.24, 2.45) is 47.2 Å². The van der Waals surface area contributed by atoms with Gasteiger partial charge in [-0.05, 0) is 26.2 Å². The van der Waals surface area contributed by atoms with Crippen LogP contribution in [0.5, 0.6) is 0 Å². The van der Waals surface area contributed by atoms with E-state index in [4.69, 9.17) is 15.2 Å². The number of rotatable bonds is 16. The molecule has 1 fully saturated rings. The number of carbonyl (C=O) groups excluding carboxylic acids is 2. The fraction of sp³-hybridized carbons (Fsp3) is 0.697. The van der Waals surface area contributed by atoms with Crippen LogP contribution in [0.4, 0.5) is 4.79 Å². The Morgan fingerprint density at radius 2 is 1.64 bits per heavy atom. The molecule has 0 bridgehead atoms. The van der Waals surface area contributed by atoms with Crippen molar-refractivity contribution in [3.05, 3.63) is 48.6 Å². The fourth-order valence-corrected chi connectivity index (χ4v) is 5.80. The molecule has 1 heterocycles. The molecule has 1 aliphatic rings. The minimum absolute atomic E-state index is 0.152. The van der Waals surface area contributed by atoms with Crippen molar-refractivity contribution in [3.8, 4) is 0 Å². The lowest BCUT2D eigenvalue weighted by atomic mass is 9.81. The van der Waals surface area contributed by atoms with Crippen molar-refractivity contribution < 1.29 is 39.5 Å². The third-order valence-electron chi connectivity index (χ3n) is 8.62. The van der Waals surface area contributed by atoms with E-state index in [0.29, 0.717) is 6.42 Å². The summed E-state index contributed by atoms with van der Waals surface area (Å²) < 4.78 is 10.8. The van der Waals surface area contributed by atoms with Crippen molar-refractivity contribution >= 4 is 12.1 Å². The number of aliphatic hydroxyl groups is 4. The van der Waals surface area contributed by atoms with E-state index in [9.17, 15) is 30.0 Å². The fourth-order valence-electron chi connectivity index (χ4n) is 5.80. The molecule has 9 nitrogen and oxygen atoms in total. The van der Waals surface area contributed by atoms with Gasteiger partial charge in [0.1, 0.15) is 12.2 Å². The van der Waals surface area contributed by atoms with Crippen LogP contribution in [0.3, 0.4) is 0 Å². The largest absolute Gasteiger partial charge is 0.462 e. The standard InChI is InChI=1S/C33H55NO8/c1-10-11-12-20(4)31(42-33(34)40)24(8)29(37)22(6)16-18(2)15-21(5)28(36)19(3)13-14-26(35)17-27-23(7)30(38)25(9)32(39)41-27/h10-15,19-31,35-38H,1,16-17H2,2-9H3,(H2,34,40)/b12-11-,14-13-,18-15-/t19-,20+,21+,22-,23-,24-,25-,26+,27+,28-,29-,30+,31+/m1/s1. The summed E-state index contributed by atoms with van der Waals surface area (Å²) in [6.45, 7) is 18.5. The third kappa shape index (κ3) is 11.3. The molecule has 1 saturated heterocycles. The summed E-state index contributed by atoms with van der Waals surface area (Å²) in [5, 5.41) is 42.8. The first-order chi connectivity index (χ1) is 19.5. The molecule has 13 atom stereocenters. The second-order valence-corrected chi connectivity index (χ2v) is 12.4. The normalized spacial score (nSPS) is 28.3. The van der Waals surface area contributed by atoms with Crippen LogP contribution in [0.25, 0.3) is 0 Å². The van der Waals surface area contributed by atoms with Gasteiger partial charge < -0.3 is 35.6 Å². The van der Waals surface area contributed by atoms with Crippen molar-refractivity contribution in [3.63, 3.8) is 0 Å². The van der Waals surface area contributed by atoms with Crippen LogP contribution in [0.2, 0.25) is 0 Å². The maximum Gasteiger partial charge on any atom is 0.404 e. The first-order valence-electron chi connectivity index (χ1n) is 15.0. The molecule has 6 N–H and O–H groups in total. The third-order valence-corrected chi connectivity index (χ3v) is 8.62. The number of allylic oxidation sites excluding steroid dienone is 3. The van der Waals surface area contributed by atoms with Gasteiger partial charge in [-0.15, -0.1) is 0 Å². The van der Waals surface area contributed by atoms with Gasteiger partial charge >= 0.3 is 12.1 Å². The highest BCUT2D eigenvalue weighted by atomic mass is 16.6. The molecular weight excluding hydrogens is 538 g/mol. The minimum atomic E-state index is -0.894. The lowest BCUT2D eigenvalue weighted by Crippen LogP contribution is -2.47. The number of hydrogen-bond donors (Lipinski definition) is 5. The molecule has 1 amide bonds. The predicted molar refractivity (Wildman–Crippen MR) is 164 cm³/mol. The Kier molecular flexibility index (Phi) is 15.7. The Balaban J connectivity index is 2.76. The number of esters is 1. The van der Waals surface area contributed by atoms with E-state index < -0.39 is 54.6 Å². The van der Waals surface area contributed by atoms with Crippen molar-refractivity contribution in [1.82, 2.24) is 0 Å². The van der Waals surface area contributed by atoms with Crippen molar-refractivity contribution in [1.29, 1.82) is 0 Å². The number of nitrogens with two attached hydrogens (primary N) is 1. The van der Waals surface area contributed by atoms with Gasteiger partial charge in [0.05, 0.1) is 30.3 Å². The molecule has 0 unspecified atom stereocenters. The molecule has 1 aliphatic heterocycles. The molecule has 0 aromatic heterocycles. The Morgan fingerprint density at radius 3 is 2.21 bits per heavy atom. The Bertz CT molecular complexity index is 962. The van der Waals surface area contributed by atoms with Crippen LogP contribution in [0, 0.1) is 41.4 Å². The molecule has 0 aliphatic carbocycles. The molecule has 0 saturated carbocycles. The minimum Gasteiger partial charge on any atom is -0.462 e. The van der Waals surface area contributed by atoms with Gasteiger partial charge in [-0.1, -0.05) is 90.2 Å². The number of hydrogen-bond acceptors (Lipinski definition) is 8. The number of ether oxygens (including phenoxy) is 2. The zero-order chi connectivity index (χ0) is 32.3. The molecule has 9 heteroatoms. The van der Waals surface area contributed by atoms with Crippen LogP contribution in [-0.2, 0) is 14.3 Å². The summed E-state index contributed by atoms with van der Waals surface area (Å²) in [6.07, 6.45) is 6.04. The molecule has 0 radical (unpaired) electrons. The van der Waals surface area contributed by atoms with E-state index in [1.165, 1.54) is 0 Å². The zero-order valence-electron chi connectivity index (χ0n) is 26.6. The summed E-state index contributed by atoms with van der Waals surface area (Å²) in [4.78, 5) is 23.5. The second kappa shape index (κ2) is 17.6. The maximum atomic E-state index is 12.0. The summed E-state index contributed by atoms with van der Waals surface area (Å²) in [7, 11) is 0. The van der Waals surface area contributed by atoms with Gasteiger partial charge in [0.25, 0.3) is 0 Å². The van der Waals surface area contributed by atoms with E-state index in [1.54, 1.807) is 38.2 Å². The van der Waals surface area contributed by atoms with Crippen LogP contribution in [-0.4, -0.2) is 69.1 Å². The van der Waals surface area contributed by atoms with E-state index in [-0.39, 0.29) is 41.9 Å². The average Bonchev–Trinajstić information content (AvgIpc) is 2.93. The summed E-state index contributed by atoms with van der Waals surface area (Å²) in [5.74, 6) is -2.52. The first kappa shape index (κ1) is 37.6. The van der Waals surface area contributed by atoms with E-state index in [2.05, 4.69) is 6.58 Å². The van der Waals surface area contributed by atoms with Gasteiger partial charge in [-0.25, -0.2) is 4.79 Å². The van der Waals surface area contributed by atoms with Gasteiger partial charge in [0, 0.05) is 36.0 Å². The number of primary amides is 1. The SMILES string of the molecule is C=C/C=C\[C@H](C)[C@H](OC(N)=O)[C@H](C)[C@H](O)[C@H](C)C/C(C)=C\[C@H](C)[C@H](O)[C@H](C)/C=C\[C@H](O)C[C@@H]1OC(=O)[C@H](C)[C@@H](O)[C@@H]1C. The van der Waals surface area contributed by atoms with Gasteiger partial charge in [0.2, 0.25) is 0 Å². The Hall–Kier alpha value is -2.46. The number of carbonyl (C=O) groups is 2. The molecule has 0 aromatic rings. The molecule has 42 heavy (non-hydrogen) atoms. The topological polar surface area (TPSA) is 160 Å². The van der Waals surface area contributed by atoms with Crippen molar-refractivity contribution in [2.75, 3.05) is 0 Å². The van der Waals surface area contributed by atoms with E-state index in [0.717, 1.165) is 5.57 Å². The lowest BCUT2D eigenvalue weighted by Gasteiger charge is -2.36. The van der Waals surface area contributed by atoms with Gasteiger partial charge in [0.15, 0.2) is 0 Å². The van der Waals surface area contributed by atoms with Gasteiger partial charge in [-0.2, -0.15) is 0 Å². The smallest absolute Gasteiger partial charge is 0.404 e. The summed E-state index contributed by atoms with van der Waals surface area (Å²) >= 11 is 0. The molecule has 1 rings (SSSR count). The average molecular weight is 594 g/mol. The van der Waals surface area contributed by atoms with Crippen LogP contribution < -0.4 is 5.73 Å². The summed E-state index contributed by atoms with van der Waals surface area (Å²) in [5.41, 5.74) is 6.30. The Labute approximate surface area is 252 Å². The van der Waals surface area contributed by atoms with E-state index >= 15 is 0 Å². The highest BCUT2D eigenvalue weighted by Gasteiger charge is 2.41. The molecule has 0 spiro atoms. The zero-order valence-corrected chi connectivity index (χ0v) is 26.6. The second-order valence-electron chi connectivity index (χ2n) is 12.4. The lowest BCUT2D eigenvalue weighted by molar-refractivity contribution is -0.179. The Morgan fingerprint density at radius 1 is 1.02 bits per heavy atom. The quantitative estimate of drug-likeness (QED) is 0.101. The molecule has 0 aromatic carbocycles. The van der Waals surface area contributed by atoms with Crippen molar-refractivity contribution in [2.45, 2.75) is 105 Å². The first-order valence-corrected chi connectivity index (χ1v) is 15.0. The van der Waals surface area contributed by atoms with Gasteiger partial charge in [-0.3, -0.25) is 4.79 Å². The maximum absolute atomic E-state index is 12.0. The van der Waals surface area contributed by atoms with E-state index in [1.807, 2.05) is 53.7 Å². The summed E-state index contributed by atoms with van der Waals surface area (Å²) in [6, 6.07) is 0. The highest BCUT2D eigenvalue weighted by Crippen LogP contribution is 2.30. The predicted octanol–water partition coefficient (Wildman–Crippen LogP) is 4.30. The molecular formula is C33H55NO8. The monoisotopic (exact) mass is 593 g/mol. The number of cyclic esters (lactones) is 1. The van der Waals surface area contributed by atoms with Crippen LogP contribution >= 0.6 is 0 Å². The van der Waals surface area contributed by atoms with Crippen LogP contribution in [0.15, 0.2) is 48.6 Å². The number of aliphatic hydroxyl groups excluding tert-OH is 4. The highest BCUT2D eigenvalue weighted by molar-refractivity contribution is 5.73. The van der Waals surface area contributed by atoms with Crippen LogP contribution in [0.1, 0.15) is 68.2 Å². The number of amides is 1. The molecule has 240 valence electrons.